The summed E-state index contributed by atoms with van der Waals surface area (Å²) in [5, 5.41) is 5.30. The van der Waals surface area contributed by atoms with Crippen LogP contribution in [0.15, 0.2) is 42.7 Å². The van der Waals surface area contributed by atoms with Gasteiger partial charge in [0.15, 0.2) is 0 Å². The Balaban J connectivity index is 2.10. The Morgan fingerprint density at radius 3 is 2.65 bits per heavy atom. The first-order valence-electron chi connectivity index (χ1n) is 5.95. The van der Waals surface area contributed by atoms with Crippen molar-refractivity contribution in [2.75, 3.05) is 5.33 Å². The van der Waals surface area contributed by atoms with Crippen molar-refractivity contribution < 1.29 is 0 Å². The van der Waals surface area contributed by atoms with Gasteiger partial charge < -0.3 is 0 Å². The highest BCUT2D eigenvalue weighted by Gasteiger charge is 2.11. The summed E-state index contributed by atoms with van der Waals surface area (Å²) < 4.78 is 1.98. The van der Waals surface area contributed by atoms with E-state index in [1.165, 1.54) is 11.1 Å². The Kier molecular flexibility index (Phi) is 4.37. The number of halogens is 1. The fourth-order valence-corrected chi connectivity index (χ4v) is 2.56. The lowest BCUT2D eigenvalue weighted by Crippen LogP contribution is -2.03. The molecule has 90 valence electrons. The molecule has 0 fully saturated rings. The number of benzene rings is 1. The summed E-state index contributed by atoms with van der Waals surface area (Å²) in [4.78, 5) is 0. The second-order valence-electron chi connectivity index (χ2n) is 4.17. The van der Waals surface area contributed by atoms with E-state index in [0.717, 1.165) is 18.3 Å². The molecule has 0 aliphatic heterocycles. The van der Waals surface area contributed by atoms with Crippen molar-refractivity contribution in [1.82, 2.24) is 9.78 Å². The molecule has 0 saturated carbocycles. The summed E-state index contributed by atoms with van der Waals surface area (Å²) >= 11 is 3.61. The van der Waals surface area contributed by atoms with Crippen LogP contribution in [0.1, 0.15) is 24.0 Å². The van der Waals surface area contributed by atoms with Gasteiger partial charge in [0.05, 0.1) is 6.20 Å². The van der Waals surface area contributed by atoms with E-state index in [0.29, 0.717) is 5.92 Å². The van der Waals surface area contributed by atoms with Crippen molar-refractivity contribution in [1.29, 1.82) is 0 Å². The van der Waals surface area contributed by atoms with Crippen molar-refractivity contribution in [2.24, 2.45) is 0 Å². The number of rotatable bonds is 5. The van der Waals surface area contributed by atoms with E-state index in [1.54, 1.807) is 0 Å². The molecule has 2 aromatic rings. The fourth-order valence-electron chi connectivity index (χ4n) is 1.96. The quantitative estimate of drug-likeness (QED) is 0.770. The molecule has 0 radical (unpaired) electrons. The minimum atomic E-state index is 0.519. The predicted molar refractivity (Wildman–Crippen MR) is 74.6 cm³/mol. The Morgan fingerprint density at radius 1 is 1.29 bits per heavy atom. The average molecular weight is 293 g/mol. The van der Waals surface area contributed by atoms with Crippen LogP contribution in [0.4, 0.5) is 0 Å². The van der Waals surface area contributed by atoms with Crippen LogP contribution in [0.2, 0.25) is 0 Å². The van der Waals surface area contributed by atoms with Crippen molar-refractivity contribution >= 4 is 15.9 Å². The molecule has 2 rings (SSSR count). The minimum Gasteiger partial charge on any atom is -0.273 e. The van der Waals surface area contributed by atoms with E-state index < -0.39 is 0 Å². The predicted octanol–water partition coefficient (Wildman–Crippen LogP) is 3.62. The first-order chi connectivity index (χ1) is 8.33. The Labute approximate surface area is 111 Å². The van der Waals surface area contributed by atoms with Gasteiger partial charge in [-0.05, 0) is 30.4 Å². The van der Waals surface area contributed by atoms with Crippen molar-refractivity contribution in [3.05, 3.63) is 53.9 Å². The zero-order valence-corrected chi connectivity index (χ0v) is 11.6. The standard InChI is InChI=1S/C14H17BrN2/c1-2-17-11-12(10-16-17)8-14(9-15)13-6-4-3-5-7-13/h3-7,10-11,14H,2,8-9H2,1H3. The first-order valence-corrected chi connectivity index (χ1v) is 7.08. The van der Waals surface area contributed by atoms with E-state index >= 15 is 0 Å². The van der Waals surface area contributed by atoms with Gasteiger partial charge in [-0.25, -0.2) is 0 Å². The molecule has 1 aromatic heterocycles. The van der Waals surface area contributed by atoms with Crippen LogP contribution in [0.25, 0.3) is 0 Å². The molecule has 1 unspecified atom stereocenters. The maximum Gasteiger partial charge on any atom is 0.0521 e. The molecule has 1 aromatic carbocycles. The maximum atomic E-state index is 4.32. The van der Waals surface area contributed by atoms with Gasteiger partial charge in [-0.15, -0.1) is 0 Å². The number of alkyl halides is 1. The number of nitrogens with zero attached hydrogens (tertiary/aromatic N) is 2. The highest BCUT2D eigenvalue weighted by molar-refractivity contribution is 9.09. The van der Waals surface area contributed by atoms with Gasteiger partial charge in [0.1, 0.15) is 0 Å². The molecule has 0 bridgehead atoms. The molecule has 3 heteroatoms. The highest BCUT2D eigenvalue weighted by Crippen LogP contribution is 2.22. The first kappa shape index (κ1) is 12.4. The molecule has 0 amide bonds. The molecular formula is C14H17BrN2. The van der Waals surface area contributed by atoms with E-state index in [9.17, 15) is 0 Å². The van der Waals surface area contributed by atoms with Gasteiger partial charge in [-0.2, -0.15) is 5.10 Å². The van der Waals surface area contributed by atoms with Crippen LogP contribution < -0.4 is 0 Å². The number of hydrogen-bond donors (Lipinski definition) is 0. The molecule has 0 saturated heterocycles. The Morgan fingerprint density at radius 2 is 2.06 bits per heavy atom. The molecule has 0 spiro atoms. The zero-order chi connectivity index (χ0) is 12.1. The third kappa shape index (κ3) is 3.19. The van der Waals surface area contributed by atoms with Gasteiger partial charge in [0, 0.05) is 18.1 Å². The summed E-state index contributed by atoms with van der Waals surface area (Å²) in [6.07, 6.45) is 5.15. The van der Waals surface area contributed by atoms with Gasteiger partial charge in [0.25, 0.3) is 0 Å². The molecule has 2 nitrogen and oxygen atoms in total. The van der Waals surface area contributed by atoms with Crippen molar-refractivity contribution in [3.63, 3.8) is 0 Å². The third-order valence-corrected chi connectivity index (χ3v) is 3.73. The lowest BCUT2D eigenvalue weighted by atomic mass is 9.95. The second kappa shape index (κ2) is 6.01. The van der Waals surface area contributed by atoms with Crippen LogP contribution in [0, 0.1) is 0 Å². The van der Waals surface area contributed by atoms with Gasteiger partial charge in [-0.1, -0.05) is 46.3 Å². The molecule has 17 heavy (non-hydrogen) atoms. The summed E-state index contributed by atoms with van der Waals surface area (Å²) in [6, 6.07) is 10.6. The Bertz CT molecular complexity index is 450. The molecular weight excluding hydrogens is 276 g/mol. The van der Waals surface area contributed by atoms with Crippen molar-refractivity contribution in [2.45, 2.75) is 25.8 Å². The second-order valence-corrected chi connectivity index (χ2v) is 4.82. The van der Waals surface area contributed by atoms with E-state index in [4.69, 9.17) is 0 Å². The van der Waals surface area contributed by atoms with Gasteiger partial charge >= 0.3 is 0 Å². The number of aryl methyl sites for hydroxylation is 1. The zero-order valence-electron chi connectivity index (χ0n) is 10.0. The summed E-state index contributed by atoms with van der Waals surface area (Å²) in [7, 11) is 0. The maximum absolute atomic E-state index is 4.32. The smallest absolute Gasteiger partial charge is 0.0521 e. The molecule has 0 N–H and O–H groups in total. The monoisotopic (exact) mass is 292 g/mol. The highest BCUT2D eigenvalue weighted by atomic mass is 79.9. The lowest BCUT2D eigenvalue weighted by Gasteiger charge is -2.13. The topological polar surface area (TPSA) is 17.8 Å². The van der Waals surface area contributed by atoms with E-state index in [1.807, 2.05) is 10.9 Å². The fraction of sp³-hybridized carbons (Fsp3) is 0.357. The lowest BCUT2D eigenvalue weighted by molar-refractivity contribution is 0.658. The van der Waals surface area contributed by atoms with Crippen LogP contribution in [0.3, 0.4) is 0 Å². The molecule has 0 aliphatic carbocycles. The molecule has 1 atom stereocenters. The average Bonchev–Trinajstić information content (AvgIpc) is 2.84. The summed E-state index contributed by atoms with van der Waals surface area (Å²) in [5.74, 6) is 0.519. The molecule has 0 aliphatic rings. The van der Waals surface area contributed by atoms with Gasteiger partial charge in [0.2, 0.25) is 0 Å². The Hall–Kier alpha value is -1.09. The summed E-state index contributed by atoms with van der Waals surface area (Å²) in [6.45, 7) is 3.04. The summed E-state index contributed by atoms with van der Waals surface area (Å²) in [5.41, 5.74) is 2.69. The van der Waals surface area contributed by atoms with Crippen LogP contribution in [0.5, 0.6) is 0 Å². The van der Waals surface area contributed by atoms with E-state index in [-0.39, 0.29) is 0 Å². The number of hydrogen-bond acceptors (Lipinski definition) is 1. The van der Waals surface area contributed by atoms with Crippen LogP contribution >= 0.6 is 15.9 Å². The SMILES string of the molecule is CCn1cc(CC(CBr)c2ccccc2)cn1. The van der Waals surface area contributed by atoms with Crippen LogP contribution in [-0.2, 0) is 13.0 Å². The number of aromatic nitrogens is 2. The van der Waals surface area contributed by atoms with Crippen LogP contribution in [-0.4, -0.2) is 15.1 Å². The normalized spacial score (nSPS) is 12.6. The van der Waals surface area contributed by atoms with Gasteiger partial charge in [-0.3, -0.25) is 4.68 Å². The largest absolute Gasteiger partial charge is 0.273 e. The van der Waals surface area contributed by atoms with E-state index in [2.05, 4.69) is 64.5 Å². The minimum absolute atomic E-state index is 0.519. The third-order valence-electron chi connectivity index (χ3n) is 2.95. The van der Waals surface area contributed by atoms with Crippen molar-refractivity contribution in [3.8, 4) is 0 Å². The molecule has 1 heterocycles.